The van der Waals surface area contributed by atoms with E-state index < -0.39 is 0 Å². The lowest BCUT2D eigenvalue weighted by atomic mass is 9.87. The maximum absolute atomic E-state index is 12.0. The first-order chi connectivity index (χ1) is 9.95. The van der Waals surface area contributed by atoms with Crippen LogP contribution in [0.2, 0.25) is 0 Å². The lowest BCUT2D eigenvalue weighted by molar-refractivity contribution is -0.122. The van der Waals surface area contributed by atoms with Gasteiger partial charge in [0.2, 0.25) is 5.91 Å². The first-order valence-electron chi connectivity index (χ1n) is 7.85. The van der Waals surface area contributed by atoms with Gasteiger partial charge in [-0.25, -0.2) is 9.97 Å². The van der Waals surface area contributed by atoms with E-state index in [1.165, 1.54) is 12.8 Å². The summed E-state index contributed by atoms with van der Waals surface area (Å²) < 4.78 is 0. The highest BCUT2D eigenvalue weighted by Crippen LogP contribution is 2.29. The topological polar surface area (TPSA) is 58.1 Å². The largest absolute Gasteiger partial charge is 0.350 e. The first kappa shape index (κ1) is 14.3. The van der Waals surface area contributed by atoms with Crippen LogP contribution in [0.1, 0.15) is 52.3 Å². The van der Waals surface area contributed by atoms with Gasteiger partial charge in [0.25, 0.3) is 0 Å². The monoisotopic (exact) mass is 288 g/mol. The molecule has 1 aliphatic heterocycles. The van der Waals surface area contributed by atoms with Crippen LogP contribution in [0.25, 0.3) is 0 Å². The van der Waals surface area contributed by atoms with Crippen molar-refractivity contribution in [3.63, 3.8) is 0 Å². The number of aromatic nitrogens is 2. The van der Waals surface area contributed by atoms with E-state index in [0.29, 0.717) is 12.6 Å². The van der Waals surface area contributed by atoms with Gasteiger partial charge in [-0.05, 0) is 18.9 Å². The minimum Gasteiger partial charge on any atom is -0.350 e. The lowest BCUT2D eigenvalue weighted by Crippen LogP contribution is -2.62. The Morgan fingerprint density at radius 2 is 2.05 bits per heavy atom. The number of piperazine rings is 1. The van der Waals surface area contributed by atoms with Gasteiger partial charge in [0.15, 0.2) is 0 Å². The summed E-state index contributed by atoms with van der Waals surface area (Å²) in [4.78, 5) is 23.3. The number of hydrogen-bond donors (Lipinski definition) is 1. The summed E-state index contributed by atoms with van der Waals surface area (Å²) in [6, 6.07) is 2.58. The van der Waals surface area contributed by atoms with Crippen molar-refractivity contribution in [1.29, 1.82) is 0 Å². The molecule has 21 heavy (non-hydrogen) atoms. The van der Waals surface area contributed by atoms with Gasteiger partial charge < -0.3 is 10.2 Å². The normalized spacial score (nSPS) is 26.2. The number of fused-ring (bicyclic) bond motifs is 1. The molecule has 2 atom stereocenters. The highest BCUT2D eigenvalue weighted by atomic mass is 16.2. The van der Waals surface area contributed by atoms with Crippen molar-refractivity contribution in [3.8, 4) is 0 Å². The molecule has 1 N–H and O–H groups in total. The highest BCUT2D eigenvalue weighted by Gasteiger charge is 2.37. The molecule has 1 amide bonds. The predicted molar refractivity (Wildman–Crippen MR) is 82.3 cm³/mol. The van der Waals surface area contributed by atoms with E-state index in [2.05, 4.69) is 36.0 Å². The molecule has 5 nitrogen and oxygen atoms in total. The quantitative estimate of drug-likeness (QED) is 0.859. The molecule has 0 radical (unpaired) electrons. The van der Waals surface area contributed by atoms with Crippen LogP contribution >= 0.6 is 0 Å². The number of carbonyl (C=O) groups is 1. The summed E-state index contributed by atoms with van der Waals surface area (Å²) in [5.74, 6) is 1.83. The second kappa shape index (κ2) is 5.28. The third-order valence-corrected chi connectivity index (χ3v) is 4.40. The Kier molecular flexibility index (Phi) is 3.59. The molecule has 2 heterocycles. The molecule has 1 aromatic heterocycles. The SMILES string of the molecule is CC(C)(C)c1nccc(N2CC(=O)N[C@H]3CCCC[C@H]32)n1. The van der Waals surface area contributed by atoms with Gasteiger partial charge in [0, 0.05) is 17.7 Å². The second-order valence-electron chi connectivity index (χ2n) is 7.14. The van der Waals surface area contributed by atoms with Gasteiger partial charge in [0.05, 0.1) is 12.6 Å². The van der Waals surface area contributed by atoms with Crippen molar-refractivity contribution >= 4 is 11.7 Å². The van der Waals surface area contributed by atoms with Crippen LogP contribution in [-0.2, 0) is 10.2 Å². The number of nitrogens with zero attached hydrogens (tertiary/aromatic N) is 3. The van der Waals surface area contributed by atoms with E-state index in [9.17, 15) is 4.79 Å². The molecule has 0 spiro atoms. The minimum atomic E-state index is -0.0833. The van der Waals surface area contributed by atoms with Crippen molar-refractivity contribution in [2.24, 2.45) is 0 Å². The molecule has 2 fully saturated rings. The number of nitrogens with one attached hydrogen (secondary N) is 1. The summed E-state index contributed by atoms with van der Waals surface area (Å²) in [7, 11) is 0. The lowest BCUT2D eigenvalue weighted by Gasteiger charge is -2.44. The molecule has 0 aromatic carbocycles. The molecule has 1 aliphatic carbocycles. The van der Waals surface area contributed by atoms with Crippen LogP contribution in [0, 0.1) is 0 Å². The Labute approximate surface area is 126 Å². The Morgan fingerprint density at radius 1 is 1.29 bits per heavy atom. The zero-order valence-corrected chi connectivity index (χ0v) is 13.1. The van der Waals surface area contributed by atoms with Crippen molar-refractivity contribution in [1.82, 2.24) is 15.3 Å². The van der Waals surface area contributed by atoms with Crippen molar-refractivity contribution in [3.05, 3.63) is 18.1 Å². The average Bonchev–Trinajstić information content (AvgIpc) is 2.45. The number of hydrogen-bond acceptors (Lipinski definition) is 4. The van der Waals surface area contributed by atoms with E-state index >= 15 is 0 Å². The van der Waals surface area contributed by atoms with Gasteiger partial charge in [0.1, 0.15) is 11.6 Å². The molecular formula is C16H24N4O. The zero-order chi connectivity index (χ0) is 15.0. The average molecular weight is 288 g/mol. The fourth-order valence-corrected chi connectivity index (χ4v) is 3.30. The molecule has 3 rings (SSSR count). The number of carbonyl (C=O) groups excluding carboxylic acids is 1. The number of rotatable bonds is 1. The van der Waals surface area contributed by atoms with Crippen LogP contribution in [0.4, 0.5) is 5.82 Å². The molecular weight excluding hydrogens is 264 g/mol. The van der Waals surface area contributed by atoms with Crippen LogP contribution in [0.3, 0.4) is 0 Å². The van der Waals surface area contributed by atoms with Crippen molar-refractivity contribution < 1.29 is 4.79 Å². The summed E-state index contributed by atoms with van der Waals surface area (Å²) >= 11 is 0. The summed E-state index contributed by atoms with van der Waals surface area (Å²) in [6.45, 7) is 6.73. The molecule has 114 valence electrons. The molecule has 1 saturated carbocycles. The second-order valence-corrected chi connectivity index (χ2v) is 7.14. The van der Waals surface area contributed by atoms with Crippen molar-refractivity contribution in [2.75, 3.05) is 11.4 Å². The van der Waals surface area contributed by atoms with Gasteiger partial charge in [-0.15, -0.1) is 0 Å². The van der Waals surface area contributed by atoms with Crippen LogP contribution in [-0.4, -0.2) is 34.5 Å². The molecule has 1 saturated heterocycles. The van der Waals surface area contributed by atoms with Crippen LogP contribution in [0.5, 0.6) is 0 Å². The van der Waals surface area contributed by atoms with Gasteiger partial charge in [-0.1, -0.05) is 33.6 Å². The fraction of sp³-hybridized carbons (Fsp3) is 0.688. The Balaban J connectivity index is 1.92. The summed E-state index contributed by atoms with van der Waals surface area (Å²) in [5.41, 5.74) is -0.0833. The fourth-order valence-electron chi connectivity index (χ4n) is 3.30. The molecule has 1 aromatic rings. The Hall–Kier alpha value is -1.65. The highest BCUT2D eigenvalue weighted by molar-refractivity contribution is 5.83. The van der Waals surface area contributed by atoms with E-state index in [4.69, 9.17) is 4.98 Å². The first-order valence-corrected chi connectivity index (χ1v) is 7.85. The van der Waals surface area contributed by atoms with Crippen LogP contribution < -0.4 is 10.2 Å². The maximum atomic E-state index is 12.0. The summed E-state index contributed by atoms with van der Waals surface area (Å²) in [6.07, 6.45) is 6.44. The van der Waals surface area contributed by atoms with Crippen molar-refractivity contribution in [2.45, 2.75) is 64.0 Å². The standard InChI is InChI=1S/C16H24N4O/c1-16(2,3)15-17-9-8-13(19-15)20-10-14(21)18-11-6-4-5-7-12(11)20/h8-9,11-12H,4-7,10H2,1-3H3,(H,18,21)/t11-,12+/m0/s1. The zero-order valence-electron chi connectivity index (χ0n) is 13.1. The summed E-state index contributed by atoms with van der Waals surface area (Å²) in [5, 5.41) is 3.14. The van der Waals surface area contributed by atoms with Gasteiger partial charge in [-0.3, -0.25) is 4.79 Å². The third-order valence-electron chi connectivity index (χ3n) is 4.40. The third kappa shape index (κ3) is 2.87. The maximum Gasteiger partial charge on any atom is 0.239 e. The number of anilines is 1. The molecule has 5 heteroatoms. The molecule has 0 bridgehead atoms. The van der Waals surface area contributed by atoms with Crippen LogP contribution in [0.15, 0.2) is 12.3 Å². The van der Waals surface area contributed by atoms with E-state index in [0.717, 1.165) is 24.5 Å². The smallest absolute Gasteiger partial charge is 0.239 e. The van der Waals surface area contributed by atoms with Gasteiger partial charge >= 0.3 is 0 Å². The molecule has 0 unspecified atom stereocenters. The Morgan fingerprint density at radius 3 is 2.81 bits per heavy atom. The number of amides is 1. The van der Waals surface area contributed by atoms with E-state index in [1.807, 2.05) is 12.3 Å². The van der Waals surface area contributed by atoms with E-state index in [-0.39, 0.29) is 17.4 Å². The predicted octanol–water partition coefficient (Wildman–Crippen LogP) is 2.02. The Bertz CT molecular complexity index is 537. The van der Waals surface area contributed by atoms with Gasteiger partial charge in [-0.2, -0.15) is 0 Å². The van der Waals surface area contributed by atoms with E-state index in [1.54, 1.807) is 0 Å². The molecule has 2 aliphatic rings. The minimum absolute atomic E-state index is 0.0833.